The van der Waals surface area contributed by atoms with Gasteiger partial charge in [-0.3, -0.25) is 4.79 Å². The highest BCUT2D eigenvalue weighted by Gasteiger charge is 2.29. The first-order valence-corrected chi connectivity index (χ1v) is 5.00. The molecule has 1 rings (SSSR count). The van der Waals surface area contributed by atoms with E-state index in [-0.39, 0.29) is 0 Å². The van der Waals surface area contributed by atoms with Crippen LogP contribution < -0.4 is 10.5 Å². The molecule has 0 aliphatic carbocycles. The highest BCUT2D eigenvalue weighted by molar-refractivity contribution is 5.80. The highest BCUT2D eigenvalue weighted by Crippen LogP contribution is 2.16. The van der Waals surface area contributed by atoms with Crippen LogP contribution in [-0.2, 0) is 16.0 Å². The third kappa shape index (κ3) is 2.97. The maximum absolute atomic E-state index is 11.4. The topological polar surface area (TPSA) is 61.5 Å². The number of esters is 1. The molecule has 2 N–H and O–H groups in total. The Kier molecular flexibility index (Phi) is 3.90. The molecule has 0 aliphatic heterocycles. The molecular weight excluding hydrogens is 206 g/mol. The van der Waals surface area contributed by atoms with Crippen molar-refractivity contribution in [2.75, 3.05) is 14.2 Å². The van der Waals surface area contributed by atoms with Gasteiger partial charge in [-0.2, -0.15) is 0 Å². The summed E-state index contributed by atoms with van der Waals surface area (Å²) in [6, 6.07) is 7.44. The second-order valence-electron chi connectivity index (χ2n) is 3.93. The van der Waals surface area contributed by atoms with Crippen molar-refractivity contribution in [3.05, 3.63) is 29.8 Å². The summed E-state index contributed by atoms with van der Waals surface area (Å²) in [6.07, 6.45) is 0.434. The maximum Gasteiger partial charge on any atom is 0.325 e. The van der Waals surface area contributed by atoms with Gasteiger partial charge in [-0.1, -0.05) is 12.1 Å². The molecule has 1 aromatic rings. The number of rotatable bonds is 4. The molecule has 0 bridgehead atoms. The van der Waals surface area contributed by atoms with Crippen LogP contribution in [0.3, 0.4) is 0 Å². The molecule has 1 atom stereocenters. The van der Waals surface area contributed by atoms with Gasteiger partial charge >= 0.3 is 5.97 Å². The van der Waals surface area contributed by atoms with Crippen LogP contribution in [-0.4, -0.2) is 25.7 Å². The summed E-state index contributed by atoms with van der Waals surface area (Å²) in [5.74, 6) is 0.365. The Hall–Kier alpha value is -1.55. The molecule has 16 heavy (non-hydrogen) atoms. The minimum absolute atomic E-state index is 0.414. The maximum atomic E-state index is 11.4. The van der Waals surface area contributed by atoms with Gasteiger partial charge in [-0.15, -0.1) is 0 Å². The molecule has 0 saturated heterocycles. The molecule has 1 unspecified atom stereocenters. The zero-order valence-corrected chi connectivity index (χ0v) is 9.82. The second-order valence-corrected chi connectivity index (χ2v) is 3.93. The smallest absolute Gasteiger partial charge is 0.325 e. The van der Waals surface area contributed by atoms with Gasteiger partial charge in [0.2, 0.25) is 0 Å². The average Bonchev–Trinajstić information content (AvgIpc) is 2.28. The molecule has 0 fully saturated rings. The normalized spacial score (nSPS) is 14.0. The van der Waals surface area contributed by atoms with E-state index in [1.54, 1.807) is 14.0 Å². The zero-order chi connectivity index (χ0) is 12.2. The lowest BCUT2D eigenvalue weighted by molar-refractivity contribution is -0.146. The van der Waals surface area contributed by atoms with E-state index in [9.17, 15) is 4.79 Å². The Labute approximate surface area is 95.3 Å². The Morgan fingerprint density at radius 3 is 2.31 bits per heavy atom. The molecule has 0 saturated carbocycles. The van der Waals surface area contributed by atoms with Gasteiger partial charge in [0.25, 0.3) is 0 Å². The number of carbonyl (C=O) groups is 1. The lowest BCUT2D eigenvalue weighted by Crippen LogP contribution is -2.47. The predicted molar refractivity (Wildman–Crippen MR) is 61.3 cm³/mol. The highest BCUT2D eigenvalue weighted by atomic mass is 16.5. The molecule has 0 radical (unpaired) electrons. The monoisotopic (exact) mass is 223 g/mol. The molecule has 0 amide bonds. The molecule has 4 heteroatoms. The number of carbonyl (C=O) groups excluding carboxylic acids is 1. The lowest BCUT2D eigenvalue weighted by atomic mass is 9.94. The van der Waals surface area contributed by atoms with E-state index >= 15 is 0 Å². The minimum Gasteiger partial charge on any atom is -0.497 e. The van der Waals surface area contributed by atoms with E-state index < -0.39 is 11.5 Å². The second kappa shape index (κ2) is 4.99. The minimum atomic E-state index is -0.997. The van der Waals surface area contributed by atoms with Gasteiger partial charge in [-0.25, -0.2) is 0 Å². The number of hydrogen-bond acceptors (Lipinski definition) is 4. The van der Waals surface area contributed by atoms with Crippen LogP contribution in [0.15, 0.2) is 24.3 Å². The van der Waals surface area contributed by atoms with Gasteiger partial charge in [-0.05, 0) is 24.6 Å². The fourth-order valence-corrected chi connectivity index (χ4v) is 1.47. The Bertz CT molecular complexity index is 357. The number of nitrogens with two attached hydrogens (primary N) is 1. The Morgan fingerprint density at radius 1 is 1.31 bits per heavy atom. The van der Waals surface area contributed by atoms with E-state index in [1.165, 1.54) is 7.11 Å². The molecule has 0 spiro atoms. The summed E-state index contributed by atoms with van der Waals surface area (Å²) in [5.41, 5.74) is 5.84. The molecule has 88 valence electrons. The van der Waals surface area contributed by atoms with Crippen LogP contribution in [0.25, 0.3) is 0 Å². The van der Waals surface area contributed by atoms with Crippen molar-refractivity contribution in [2.24, 2.45) is 5.73 Å². The predicted octanol–water partition coefficient (Wildman–Crippen LogP) is 1.13. The van der Waals surface area contributed by atoms with Crippen molar-refractivity contribution >= 4 is 5.97 Å². The van der Waals surface area contributed by atoms with E-state index in [4.69, 9.17) is 10.5 Å². The van der Waals surface area contributed by atoms with Crippen LogP contribution in [0.1, 0.15) is 12.5 Å². The summed E-state index contributed by atoms with van der Waals surface area (Å²) in [4.78, 5) is 11.4. The number of hydrogen-bond donors (Lipinski definition) is 1. The van der Waals surface area contributed by atoms with Gasteiger partial charge < -0.3 is 15.2 Å². The number of ether oxygens (including phenoxy) is 2. The van der Waals surface area contributed by atoms with Crippen LogP contribution in [0, 0.1) is 0 Å². The first-order chi connectivity index (χ1) is 7.49. The van der Waals surface area contributed by atoms with Crippen LogP contribution in [0.2, 0.25) is 0 Å². The third-order valence-corrected chi connectivity index (χ3v) is 2.38. The summed E-state index contributed by atoms with van der Waals surface area (Å²) >= 11 is 0. The first kappa shape index (κ1) is 12.5. The van der Waals surface area contributed by atoms with Gasteiger partial charge in [0.05, 0.1) is 14.2 Å². The van der Waals surface area contributed by atoms with Crippen LogP contribution >= 0.6 is 0 Å². The molecule has 4 nitrogen and oxygen atoms in total. The standard InChI is InChI=1S/C12H17NO3/c1-12(13,11(14)16-3)8-9-4-6-10(15-2)7-5-9/h4-7H,8,13H2,1-3H3. The van der Waals surface area contributed by atoms with Crippen molar-refractivity contribution in [1.82, 2.24) is 0 Å². The zero-order valence-electron chi connectivity index (χ0n) is 9.82. The van der Waals surface area contributed by atoms with Crippen LogP contribution in [0.5, 0.6) is 5.75 Å². The summed E-state index contributed by atoms with van der Waals surface area (Å²) < 4.78 is 9.69. The molecule has 1 aromatic carbocycles. The average molecular weight is 223 g/mol. The fraction of sp³-hybridized carbons (Fsp3) is 0.417. The summed E-state index contributed by atoms with van der Waals surface area (Å²) in [5, 5.41) is 0. The van der Waals surface area contributed by atoms with E-state index in [1.807, 2.05) is 24.3 Å². The lowest BCUT2D eigenvalue weighted by Gasteiger charge is -2.21. The number of methoxy groups -OCH3 is 2. The summed E-state index contributed by atoms with van der Waals surface area (Å²) in [7, 11) is 2.94. The molecule has 0 aliphatic rings. The third-order valence-electron chi connectivity index (χ3n) is 2.38. The van der Waals surface area contributed by atoms with Gasteiger partial charge in [0.1, 0.15) is 11.3 Å². The largest absolute Gasteiger partial charge is 0.497 e. The first-order valence-electron chi connectivity index (χ1n) is 5.00. The van der Waals surface area contributed by atoms with Gasteiger partial charge in [0, 0.05) is 6.42 Å². The SMILES string of the molecule is COC(=O)C(C)(N)Cc1ccc(OC)cc1. The van der Waals surface area contributed by atoms with Crippen molar-refractivity contribution in [2.45, 2.75) is 18.9 Å². The van der Waals surface area contributed by atoms with Gasteiger partial charge in [0.15, 0.2) is 0 Å². The van der Waals surface area contributed by atoms with Crippen molar-refractivity contribution in [1.29, 1.82) is 0 Å². The van der Waals surface area contributed by atoms with Crippen molar-refractivity contribution in [3.63, 3.8) is 0 Å². The van der Waals surface area contributed by atoms with Crippen molar-refractivity contribution < 1.29 is 14.3 Å². The summed E-state index contributed by atoms with van der Waals surface area (Å²) in [6.45, 7) is 1.66. The Morgan fingerprint density at radius 2 is 1.88 bits per heavy atom. The quantitative estimate of drug-likeness (QED) is 0.777. The fourth-order valence-electron chi connectivity index (χ4n) is 1.47. The van der Waals surface area contributed by atoms with Crippen molar-refractivity contribution in [3.8, 4) is 5.75 Å². The number of benzene rings is 1. The molecule has 0 aromatic heterocycles. The van der Waals surface area contributed by atoms with E-state index in [2.05, 4.69) is 4.74 Å². The Balaban J connectivity index is 2.76. The molecule has 0 heterocycles. The van der Waals surface area contributed by atoms with E-state index in [0.717, 1.165) is 11.3 Å². The molecular formula is C12H17NO3. The van der Waals surface area contributed by atoms with E-state index in [0.29, 0.717) is 6.42 Å². The van der Waals surface area contributed by atoms with Crippen LogP contribution in [0.4, 0.5) is 0 Å².